The Kier molecular flexibility index (Phi) is 5.61. The van der Waals surface area contributed by atoms with Crippen molar-refractivity contribution in [3.63, 3.8) is 0 Å². The molecule has 0 atom stereocenters. The molecule has 3 aromatic rings. The fourth-order valence-electron chi connectivity index (χ4n) is 3.16. The summed E-state index contributed by atoms with van der Waals surface area (Å²) in [4.78, 5) is 26.6. The fraction of sp³-hybridized carbons (Fsp3) is 0.0909. The molecular weight excluding hydrogens is 430 g/mol. The molecule has 0 aromatic heterocycles. The van der Waals surface area contributed by atoms with Gasteiger partial charge in [0.05, 0.1) is 22.8 Å². The molecule has 5 nitrogen and oxygen atoms in total. The van der Waals surface area contributed by atoms with Crippen LogP contribution in [0.25, 0.3) is 0 Å². The molecule has 152 valence electrons. The van der Waals surface area contributed by atoms with Crippen LogP contribution >= 0.6 is 23.2 Å². The van der Waals surface area contributed by atoms with Gasteiger partial charge >= 0.3 is 0 Å². The minimum absolute atomic E-state index is 0.00400. The van der Waals surface area contributed by atoms with Crippen molar-refractivity contribution in [1.82, 2.24) is 0 Å². The first-order valence-electron chi connectivity index (χ1n) is 9.00. The third-order valence-electron chi connectivity index (χ3n) is 4.64. The lowest BCUT2D eigenvalue weighted by Crippen LogP contribution is -2.38. The topological polar surface area (TPSA) is 58.6 Å². The maximum absolute atomic E-state index is 14.0. The van der Waals surface area contributed by atoms with E-state index in [0.29, 0.717) is 22.1 Å². The van der Waals surface area contributed by atoms with Gasteiger partial charge in [0, 0.05) is 10.7 Å². The molecule has 2 amide bonds. The smallest absolute Gasteiger partial charge is 0.265 e. The van der Waals surface area contributed by atoms with E-state index >= 15 is 0 Å². The van der Waals surface area contributed by atoms with Gasteiger partial charge in [-0.2, -0.15) is 0 Å². The first-order chi connectivity index (χ1) is 14.4. The maximum atomic E-state index is 14.0. The zero-order valence-corrected chi connectivity index (χ0v) is 17.0. The van der Waals surface area contributed by atoms with E-state index in [1.807, 2.05) is 18.2 Å². The highest BCUT2D eigenvalue weighted by Gasteiger charge is 2.27. The fourth-order valence-corrected chi connectivity index (χ4v) is 3.60. The molecule has 1 N–H and O–H groups in total. The van der Waals surface area contributed by atoms with Gasteiger partial charge in [0.1, 0.15) is 11.6 Å². The van der Waals surface area contributed by atoms with Gasteiger partial charge in [0.25, 0.3) is 11.8 Å². The molecule has 0 saturated carbocycles. The average molecular weight is 445 g/mol. The maximum Gasteiger partial charge on any atom is 0.265 e. The molecule has 1 heterocycles. The van der Waals surface area contributed by atoms with E-state index < -0.39 is 11.7 Å². The summed E-state index contributed by atoms with van der Waals surface area (Å²) < 4.78 is 19.5. The molecule has 1 aliphatic rings. The Labute approximate surface area is 182 Å². The Morgan fingerprint density at radius 1 is 1.07 bits per heavy atom. The van der Waals surface area contributed by atoms with E-state index in [1.165, 1.54) is 17.0 Å². The zero-order chi connectivity index (χ0) is 21.3. The number of fused-ring (bicyclic) bond motifs is 1. The van der Waals surface area contributed by atoms with Gasteiger partial charge in [-0.05, 0) is 42.0 Å². The van der Waals surface area contributed by atoms with Crippen molar-refractivity contribution in [2.45, 2.75) is 6.54 Å². The summed E-state index contributed by atoms with van der Waals surface area (Å²) in [5.41, 5.74) is 1.36. The van der Waals surface area contributed by atoms with Gasteiger partial charge in [-0.1, -0.05) is 47.5 Å². The standard InChI is InChI=1S/C22H15Cl2FN2O3/c23-15-5-2-1-4-13(15)11-27-18-10-14(8-9-19(18)30-12-20(27)28)26-22(29)21-16(24)6-3-7-17(21)25/h1-10H,11-12H2,(H,26,29). The molecule has 0 radical (unpaired) electrons. The van der Waals surface area contributed by atoms with Crippen LogP contribution in [0.5, 0.6) is 5.75 Å². The number of nitrogens with one attached hydrogen (secondary N) is 1. The summed E-state index contributed by atoms with van der Waals surface area (Å²) in [6.07, 6.45) is 0. The molecule has 0 fully saturated rings. The number of ether oxygens (including phenoxy) is 1. The molecule has 0 unspecified atom stereocenters. The Morgan fingerprint density at radius 3 is 2.60 bits per heavy atom. The molecule has 8 heteroatoms. The third kappa shape index (κ3) is 3.97. The summed E-state index contributed by atoms with van der Waals surface area (Å²) in [7, 11) is 0. The van der Waals surface area contributed by atoms with Crippen molar-refractivity contribution >= 4 is 46.4 Å². The number of hydrogen-bond donors (Lipinski definition) is 1. The first kappa shape index (κ1) is 20.2. The van der Waals surface area contributed by atoms with Crippen LogP contribution in [0.2, 0.25) is 10.0 Å². The van der Waals surface area contributed by atoms with E-state index in [2.05, 4.69) is 5.32 Å². The summed E-state index contributed by atoms with van der Waals surface area (Å²) in [6.45, 7) is 0.138. The van der Waals surface area contributed by atoms with Gasteiger partial charge in [0.2, 0.25) is 0 Å². The highest BCUT2D eigenvalue weighted by atomic mass is 35.5. The van der Waals surface area contributed by atoms with Crippen molar-refractivity contribution in [2.24, 2.45) is 0 Å². The number of amides is 2. The highest BCUT2D eigenvalue weighted by molar-refractivity contribution is 6.34. The second kappa shape index (κ2) is 8.34. The lowest BCUT2D eigenvalue weighted by atomic mass is 10.1. The van der Waals surface area contributed by atoms with Crippen molar-refractivity contribution in [3.05, 3.63) is 87.7 Å². The largest absolute Gasteiger partial charge is 0.482 e. The van der Waals surface area contributed by atoms with Crippen LogP contribution in [0.1, 0.15) is 15.9 Å². The highest BCUT2D eigenvalue weighted by Crippen LogP contribution is 2.36. The Balaban J connectivity index is 1.64. The summed E-state index contributed by atoms with van der Waals surface area (Å²) in [5.74, 6) is -1.18. The van der Waals surface area contributed by atoms with Gasteiger partial charge < -0.3 is 15.0 Å². The van der Waals surface area contributed by atoms with E-state index in [4.69, 9.17) is 27.9 Å². The third-order valence-corrected chi connectivity index (χ3v) is 5.32. The van der Waals surface area contributed by atoms with Gasteiger partial charge in [-0.15, -0.1) is 0 Å². The normalized spacial score (nSPS) is 12.9. The number of rotatable bonds is 4. The van der Waals surface area contributed by atoms with Gasteiger partial charge in [0.15, 0.2) is 6.61 Å². The first-order valence-corrected chi connectivity index (χ1v) is 9.75. The van der Waals surface area contributed by atoms with Crippen molar-refractivity contribution in [1.29, 1.82) is 0 Å². The second-order valence-corrected chi connectivity index (χ2v) is 7.41. The van der Waals surface area contributed by atoms with Crippen LogP contribution in [-0.2, 0) is 11.3 Å². The van der Waals surface area contributed by atoms with Crippen LogP contribution in [0.15, 0.2) is 60.7 Å². The number of nitrogens with zero attached hydrogens (tertiary/aromatic N) is 1. The number of benzene rings is 3. The number of anilines is 2. The molecule has 0 spiro atoms. The molecule has 1 aliphatic heterocycles. The van der Waals surface area contributed by atoms with E-state index in [0.717, 1.165) is 11.6 Å². The molecule has 0 saturated heterocycles. The SMILES string of the molecule is O=C(Nc1ccc2c(c1)N(Cc1ccccc1Cl)C(=O)CO2)c1c(F)cccc1Cl. The number of hydrogen-bond acceptors (Lipinski definition) is 3. The molecule has 3 aromatic carbocycles. The Bertz CT molecular complexity index is 1130. The van der Waals surface area contributed by atoms with E-state index in [9.17, 15) is 14.0 Å². The second-order valence-electron chi connectivity index (χ2n) is 6.59. The minimum atomic E-state index is -0.725. The quantitative estimate of drug-likeness (QED) is 0.592. The number of halogens is 3. The lowest BCUT2D eigenvalue weighted by molar-refractivity contribution is -0.121. The van der Waals surface area contributed by atoms with Crippen molar-refractivity contribution < 1.29 is 18.7 Å². The minimum Gasteiger partial charge on any atom is -0.482 e. The molecule has 0 bridgehead atoms. The van der Waals surface area contributed by atoms with E-state index in [-0.39, 0.29) is 29.6 Å². The zero-order valence-electron chi connectivity index (χ0n) is 15.5. The van der Waals surface area contributed by atoms with Crippen LogP contribution in [0.3, 0.4) is 0 Å². The average Bonchev–Trinajstić information content (AvgIpc) is 2.71. The van der Waals surface area contributed by atoms with Crippen LogP contribution < -0.4 is 15.0 Å². The molecular formula is C22H15Cl2FN2O3. The molecule has 4 rings (SSSR count). The monoisotopic (exact) mass is 444 g/mol. The summed E-state index contributed by atoms with van der Waals surface area (Å²) in [5, 5.41) is 3.16. The Hall–Kier alpha value is -3.09. The van der Waals surface area contributed by atoms with Gasteiger partial charge in [-0.3, -0.25) is 9.59 Å². The predicted octanol–water partition coefficient (Wildman–Crippen LogP) is 5.31. The van der Waals surface area contributed by atoms with Crippen molar-refractivity contribution in [3.8, 4) is 5.75 Å². The molecule has 30 heavy (non-hydrogen) atoms. The van der Waals surface area contributed by atoms with Crippen LogP contribution in [0, 0.1) is 5.82 Å². The van der Waals surface area contributed by atoms with Crippen LogP contribution in [0.4, 0.5) is 15.8 Å². The summed E-state index contributed by atoms with van der Waals surface area (Å²) >= 11 is 12.2. The van der Waals surface area contributed by atoms with Crippen molar-refractivity contribution in [2.75, 3.05) is 16.8 Å². The Morgan fingerprint density at radius 2 is 1.83 bits per heavy atom. The summed E-state index contributed by atoms with van der Waals surface area (Å²) in [6, 6.07) is 16.1. The number of carbonyl (C=O) groups is 2. The number of carbonyl (C=O) groups excluding carboxylic acids is 2. The predicted molar refractivity (Wildman–Crippen MR) is 114 cm³/mol. The van der Waals surface area contributed by atoms with E-state index in [1.54, 1.807) is 24.3 Å². The molecule has 0 aliphatic carbocycles. The van der Waals surface area contributed by atoms with Gasteiger partial charge in [-0.25, -0.2) is 4.39 Å². The lowest BCUT2D eigenvalue weighted by Gasteiger charge is -2.30. The van der Waals surface area contributed by atoms with Crippen LogP contribution in [-0.4, -0.2) is 18.4 Å².